The third-order valence-electron chi connectivity index (χ3n) is 8.95. The number of ether oxygens (including phenoxy) is 3. The van der Waals surface area contributed by atoms with Gasteiger partial charge < -0.3 is 32.6 Å². The van der Waals surface area contributed by atoms with Crippen LogP contribution in [0.1, 0.15) is 142 Å². The summed E-state index contributed by atoms with van der Waals surface area (Å²) < 4.78 is 39.5. The average Bonchev–Trinajstić information content (AvgIpc) is 3.89. The van der Waals surface area contributed by atoms with Gasteiger partial charge in [0.1, 0.15) is 19.8 Å². The summed E-state index contributed by atoms with van der Waals surface area (Å²) >= 11 is 0. The number of esters is 2. The fourth-order valence-corrected chi connectivity index (χ4v) is 6.26. The van der Waals surface area contributed by atoms with Gasteiger partial charge in [-0.2, -0.15) is 0 Å². The molecule has 1 heterocycles. The lowest BCUT2D eigenvalue weighted by Crippen LogP contribution is -2.37. The molecule has 0 aromatic heterocycles. The normalized spacial score (nSPS) is 17.9. The summed E-state index contributed by atoms with van der Waals surface area (Å²) in [4.78, 5) is 37.5. The molecule has 0 N–H and O–H groups in total. The van der Waals surface area contributed by atoms with E-state index < -0.39 is 32.5 Å². The Hall–Kier alpha value is -2.33. The Morgan fingerprint density at radius 1 is 0.691 bits per heavy atom. The molecule has 1 aliphatic rings. The third-order valence-corrected chi connectivity index (χ3v) is 9.91. The van der Waals surface area contributed by atoms with Gasteiger partial charge in [-0.05, 0) is 77.0 Å². The zero-order valence-corrected chi connectivity index (χ0v) is 35.9. The molecular weight excluding hydrogens is 717 g/mol. The first kappa shape index (κ1) is 50.7. The molecule has 0 aromatic rings. The molecule has 1 aliphatic heterocycles. The minimum atomic E-state index is -4.64. The predicted octanol–water partition coefficient (Wildman–Crippen LogP) is 10.0. The van der Waals surface area contributed by atoms with Crippen LogP contribution in [-0.4, -0.2) is 82.2 Å². The van der Waals surface area contributed by atoms with Crippen molar-refractivity contribution >= 4 is 19.8 Å². The first-order chi connectivity index (χ1) is 26.5. The standard InChI is InChI=1S/C44H76NO9P/c1-6-8-10-11-12-13-14-15-16-17-18-19-23-26-30-34-43(46)50-38-40(39-52-55(48,49)51-37-36-45(3,4)5)53-44(47)35-31-27-24-21-20-22-25-29-33-42-41(54-42)32-28-9-7-2/h8,10,12-13,15-16,18-19,25,29,40-42H,6-7,9,11,14,17,20-24,26-28,30-39H2,1-5H3/b10-8-,13-12-,16-15-,19-18-,29-25-/t40-,41?,42?/m1/s1. The molecular formula is C44H76NO9P. The maximum Gasteiger partial charge on any atom is 0.306 e. The zero-order chi connectivity index (χ0) is 40.5. The van der Waals surface area contributed by atoms with Gasteiger partial charge in [-0.25, -0.2) is 0 Å². The Morgan fingerprint density at radius 3 is 1.95 bits per heavy atom. The second-order valence-corrected chi connectivity index (χ2v) is 16.8. The van der Waals surface area contributed by atoms with Gasteiger partial charge in [0.15, 0.2) is 6.10 Å². The Bertz CT molecular complexity index is 1190. The molecule has 0 spiro atoms. The van der Waals surface area contributed by atoms with Crippen LogP contribution in [0.4, 0.5) is 0 Å². The molecule has 0 amide bonds. The number of likely N-dealkylation sites (N-methyl/N-ethyl adjacent to an activating group) is 1. The molecule has 55 heavy (non-hydrogen) atoms. The topological polar surface area (TPSA) is 124 Å². The van der Waals surface area contributed by atoms with Crippen molar-refractivity contribution in [3.8, 4) is 0 Å². The van der Waals surface area contributed by atoms with Gasteiger partial charge in [0.2, 0.25) is 0 Å². The number of carbonyl (C=O) groups is 2. The number of hydrogen-bond acceptors (Lipinski definition) is 9. The number of allylic oxidation sites excluding steroid dienone is 9. The second-order valence-electron chi connectivity index (χ2n) is 15.4. The number of phosphoric ester groups is 1. The molecule has 3 unspecified atom stereocenters. The summed E-state index contributed by atoms with van der Waals surface area (Å²) in [6.45, 7) is 3.98. The number of nitrogens with zero attached hydrogens (tertiary/aromatic N) is 1. The lowest BCUT2D eigenvalue weighted by Gasteiger charge is -2.28. The van der Waals surface area contributed by atoms with Gasteiger partial charge in [0.05, 0.1) is 40.0 Å². The molecule has 1 rings (SSSR count). The van der Waals surface area contributed by atoms with Crippen LogP contribution in [0.15, 0.2) is 60.8 Å². The number of quaternary nitrogens is 1. The van der Waals surface area contributed by atoms with E-state index in [2.05, 4.69) is 74.6 Å². The van der Waals surface area contributed by atoms with E-state index in [0.717, 1.165) is 77.0 Å². The van der Waals surface area contributed by atoms with Crippen LogP contribution in [-0.2, 0) is 37.4 Å². The van der Waals surface area contributed by atoms with Gasteiger partial charge in [0.25, 0.3) is 7.82 Å². The van der Waals surface area contributed by atoms with Gasteiger partial charge in [-0.3, -0.25) is 14.2 Å². The van der Waals surface area contributed by atoms with Gasteiger partial charge in [-0.1, -0.05) is 113 Å². The Labute approximate surface area is 334 Å². The summed E-state index contributed by atoms with van der Waals surface area (Å²) in [6.07, 6.45) is 39.9. The number of phosphoric acid groups is 1. The summed E-state index contributed by atoms with van der Waals surface area (Å²) in [5, 5.41) is 0. The van der Waals surface area contributed by atoms with Crippen molar-refractivity contribution in [3.63, 3.8) is 0 Å². The van der Waals surface area contributed by atoms with Crippen LogP contribution in [0.3, 0.4) is 0 Å². The molecule has 316 valence electrons. The van der Waals surface area contributed by atoms with Crippen LogP contribution in [0.2, 0.25) is 0 Å². The maximum absolute atomic E-state index is 12.7. The Kier molecular flexibility index (Phi) is 30.2. The molecule has 0 bridgehead atoms. The van der Waals surface area contributed by atoms with Crippen molar-refractivity contribution in [2.24, 2.45) is 0 Å². The second kappa shape index (κ2) is 32.7. The van der Waals surface area contributed by atoms with Crippen LogP contribution in [0.5, 0.6) is 0 Å². The van der Waals surface area contributed by atoms with Crippen LogP contribution in [0.25, 0.3) is 0 Å². The lowest BCUT2D eigenvalue weighted by atomic mass is 10.1. The van der Waals surface area contributed by atoms with Crippen molar-refractivity contribution in [1.82, 2.24) is 0 Å². The highest BCUT2D eigenvalue weighted by Crippen LogP contribution is 2.38. The molecule has 0 radical (unpaired) electrons. The third kappa shape index (κ3) is 33.5. The maximum atomic E-state index is 12.7. The van der Waals surface area contributed by atoms with Gasteiger partial charge >= 0.3 is 11.9 Å². The molecule has 0 aliphatic carbocycles. The first-order valence-electron chi connectivity index (χ1n) is 21.1. The van der Waals surface area contributed by atoms with Gasteiger partial charge in [-0.15, -0.1) is 0 Å². The molecule has 0 saturated carbocycles. The summed E-state index contributed by atoms with van der Waals surface area (Å²) in [6, 6.07) is 0. The predicted molar refractivity (Wildman–Crippen MR) is 221 cm³/mol. The Morgan fingerprint density at radius 2 is 1.27 bits per heavy atom. The Balaban J connectivity index is 2.34. The zero-order valence-electron chi connectivity index (χ0n) is 35.0. The summed E-state index contributed by atoms with van der Waals surface area (Å²) in [5.74, 6) is -0.912. The molecule has 0 aromatic carbocycles. The number of rotatable bonds is 36. The van der Waals surface area contributed by atoms with Crippen molar-refractivity contribution in [2.75, 3.05) is 47.5 Å². The van der Waals surface area contributed by atoms with Gasteiger partial charge in [0, 0.05) is 12.8 Å². The highest BCUT2D eigenvalue weighted by atomic mass is 31.2. The van der Waals surface area contributed by atoms with E-state index in [4.69, 9.17) is 23.3 Å². The van der Waals surface area contributed by atoms with Crippen LogP contribution >= 0.6 is 7.82 Å². The highest BCUT2D eigenvalue weighted by molar-refractivity contribution is 7.45. The lowest BCUT2D eigenvalue weighted by molar-refractivity contribution is -0.870. The summed E-state index contributed by atoms with van der Waals surface area (Å²) in [5.41, 5.74) is 0. The number of epoxide rings is 1. The quantitative estimate of drug-likeness (QED) is 0.0152. The smallest absolute Gasteiger partial charge is 0.306 e. The largest absolute Gasteiger partial charge is 0.756 e. The van der Waals surface area contributed by atoms with E-state index in [0.29, 0.717) is 36.1 Å². The van der Waals surface area contributed by atoms with E-state index in [1.165, 1.54) is 25.7 Å². The average molecular weight is 794 g/mol. The van der Waals surface area contributed by atoms with E-state index >= 15 is 0 Å². The van der Waals surface area contributed by atoms with Crippen molar-refractivity contribution < 1.29 is 46.8 Å². The van der Waals surface area contributed by atoms with E-state index in [1.54, 1.807) is 0 Å². The van der Waals surface area contributed by atoms with Crippen molar-refractivity contribution in [2.45, 2.75) is 161 Å². The fourth-order valence-electron chi connectivity index (χ4n) is 5.53. The number of unbranched alkanes of at least 4 members (excludes halogenated alkanes) is 9. The van der Waals surface area contributed by atoms with E-state index in [9.17, 15) is 19.0 Å². The first-order valence-corrected chi connectivity index (χ1v) is 22.6. The fraction of sp³-hybridized carbons (Fsp3) is 0.727. The summed E-state index contributed by atoms with van der Waals surface area (Å²) in [7, 11) is 1.11. The van der Waals surface area contributed by atoms with E-state index in [1.807, 2.05) is 21.1 Å². The van der Waals surface area contributed by atoms with Crippen LogP contribution < -0.4 is 4.89 Å². The van der Waals surface area contributed by atoms with Crippen molar-refractivity contribution in [3.05, 3.63) is 60.8 Å². The van der Waals surface area contributed by atoms with Crippen LogP contribution in [0, 0.1) is 0 Å². The van der Waals surface area contributed by atoms with Crippen molar-refractivity contribution in [1.29, 1.82) is 0 Å². The molecule has 1 saturated heterocycles. The number of carbonyl (C=O) groups excluding carboxylic acids is 2. The SMILES string of the molecule is CC/C=C\C/C=C\C/C=C\C/C=C\CCCCC(=O)OC[C@H](COP(=O)([O-])OCC[N+](C)(C)C)OC(=O)CCCCCCC/C=C\CC1OC1CCCCC. The molecule has 4 atom stereocenters. The van der Waals surface area contributed by atoms with E-state index in [-0.39, 0.29) is 26.1 Å². The molecule has 11 heteroatoms. The minimum Gasteiger partial charge on any atom is -0.756 e. The minimum absolute atomic E-state index is 0.0457. The highest BCUT2D eigenvalue weighted by Gasteiger charge is 2.36. The molecule has 10 nitrogen and oxygen atoms in total. The monoisotopic (exact) mass is 794 g/mol. The molecule has 1 fully saturated rings. The number of hydrogen-bond donors (Lipinski definition) is 0.